The van der Waals surface area contributed by atoms with Crippen LogP contribution in [0.5, 0.6) is 17.2 Å². The van der Waals surface area contributed by atoms with Gasteiger partial charge in [-0.2, -0.15) is 0 Å². The van der Waals surface area contributed by atoms with E-state index in [1.807, 2.05) is 12.1 Å². The van der Waals surface area contributed by atoms with Gasteiger partial charge < -0.3 is 24.4 Å². The Morgan fingerprint density at radius 2 is 1.66 bits per heavy atom. The summed E-state index contributed by atoms with van der Waals surface area (Å²) in [5.41, 5.74) is 1.17. The van der Waals surface area contributed by atoms with Crippen molar-refractivity contribution in [3.05, 3.63) is 47.8 Å². The first kappa shape index (κ1) is 20.7. The summed E-state index contributed by atoms with van der Waals surface area (Å²) in [6, 6.07) is 9.67. The molecule has 0 spiro atoms. The normalized spacial score (nSPS) is 14.4. The van der Waals surface area contributed by atoms with Crippen LogP contribution in [0, 0.1) is 5.82 Å². The number of nitrogens with one attached hydrogen (secondary N) is 1. The van der Waals surface area contributed by atoms with E-state index in [4.69, 9.17) is 14.2 Å². The van der Waals surface area contributed by atoms with E-state index in [-0.39, 0.29) is 11.7 Å². The van der Waals surface area contributed by atoms with E-state index >= 15 is 0 Å². The zero-order valence-electron chi connectivity index (χ0n) is 16.9. The van der Waals surface area contributed by atoms with Crippen LogP contribution >= 0.6 is 0 Å². The number of nitrogens with zero attached hydrogens (tertiary/aromatic N) is 2. The van der Waals surface area contributed by atoms with Crippen LogP contribution < -0.4 is 19.5 Å². The second-order valence-electron chi connectivity index (χ2n) is 6.67. The third-order valence-corrected chi connectivity index (χ3v) is 4.95. The minimum atomic E-state index is -0.444. The van der Waals surface area contributed by atoms with E-state index in [9.17, 15) is 9.18 Å². The highest BCUT2D eigenvalue weighted by Gasteiger charge is 2.24. The number of urea groups is 1. The third kappa shape index (κ3) is 4.71. The topological polar surface area (TPSA) is 63.3 Å². The zero-order chi connectivity index (χ0) is 20.8. The molecule has 0 aliphatic carbocycles. The Kier molecular flexibility index (Phi) is 6.77. The first-order chi connectivity index (χ1) is 14.1. The van der Waals surface area contributed by atoms with Crippen molar-refractivity contribution in [3.63, 3.8) is 0 Å². The molecule has 1 heterocycles. The summed E-state index contributed by atoms with van der Waals surface area (Å²) in [6.07, 6.45) is 0. The molecule has 1 aliphatic rings. The molecule has 0 unspecified atom stereocenters. The first-order valence-corrected chi connectivity index (χ1v) is 9.38. The summed E-state index contributed by atoms with van der Waals surface area (Å²) in [6.45, 7) is 3.16. The lowest BCUT2D eigenvalue weighted by Gasteiger charge is -2.35. The van der Waals surface area contributed by atoms with Gasteiger partial charge in [0, 0.05) is 38.3 Å². The summed E-state index contributed by atoms with van der Waals surface area (Å²) in [4.78, 5) is 16.3. The first-order valence-electron chi connectivity index (χ1n) is 9.38. The molecule has 29 heavy (non-hydrogen) atoms. The maximum absolute atomic E-state index is 13.7. The van der Waals surface area contributed by atoms with Crippen LogP contribution in [0.3, 0.4) is 0 Å². The number of benzene rings is 2. The van der Waals surface area contributed by atoms with E-state index in [0.29, 0.717) is 50.0 Å². The van der Waals surface area contributed by atoms with Gasteiger partial charge in [0.2, 0.25) is 5.75 Å². The van der Waals surface area contributed by atoms with Gasteiger partial charge in [0.1, 0.15) is 5.82 Å². The molecule has 0 bridgehead atoms. The molecule has 156 valence electrons. The van der Waals surface area contributed by atoms with E-state index in [1.165, 1.54) is 6.07 Å². The largest absolute Gasteiger partial charge is 0.493 e. The lowest BCUT2D eigenvalue weighted by molar-refractivity contribution is 0.142. The quantitative estimate of drug-likeness (QED) is 0.803. The van der Waals surface area contributed by atoms with Crippen LogP contribution in [0.25, 0.3) is 0 Å². The average Bonchev–Trinajstić information content (AvgIpc) is 2.75. The number of methoxy groups -OCH3 is 3. The molecule has 0 atom stereocenters. The van der Waals surface area contributed by atoms with E-state index in [2.05, 4.69) is 10.2 Å². The Labute approximate surface area is 170 Å². The van der Waals surface area contributed by atoms with Gasteiger partial charge in [0.25, 0.3) is 0 Å². The van der Waals surface area contributed by atoms with Crippen molar-refractivity contribution < 1.29 is 23.4 Å². The molecule has 3 rings (SSSR count). The lowest BCUT2D eigenvalue weighted by Crippen LogP contribution is -2.49. The van der Waals surface area contributed by atoms with Crippen LogP contribution in [0.1, 0.15) is 5.56 Å². The number of hydrogen-bond donors (Lipinski definition) is 1. The Morgan fingerprint density at radius 3 is 2.28 bits per heavy atom. The van der Waals surface area contributed by atoms with Gasteiger partial charge in [-0.05, 0) is 18.2 Å². The smallest absolute Gasteiger partial charge is 0.322 e. The Hall–Kier alpha value is -3.00. The molecule has 1 saturated heterocycles. The minimum Gasteiger partial charge on any atom is -0.493 e. The average molecular weight is 403 g/mol. The van der Waals surface area contributed by atoms with Crippen LogP contribution in [0.4, 0.5) is 14.9 Å². The molecule has 7 nitrogen and oxygen atoms in total. The second kappa shape index (κ2) is 9.47. The lowest BCUT2D eigenvalue weighted by atomic mass is 10.1. The van der Waals surface area contributed by atoms with Gasteiger partial charge >= 0.3 is 6.03 Å². The summed E-state index contributed by atoms with van der Waals surface area (Å²) >= 11 is 0. The Bertz CT molecular complexity index is 854. The molecule has 8 heteroatoms. The second-order valence-corrected chi connectivity index (χ2v) is 6.67. The van der Waals surface area contributed by atoms with Crippen molar-refractivity contribution in [2.45, 2.75) is 6.54 Å². The van der Waals surface area contributed by atoms with Gasteiger partial charge in [-0.25, -0.2) is 9.18 Å². The fraction of sp³-hybridized carbons (Fsp3) is 0.381. The highest BCUT2D eigenvalue weighted by atomic mass is 19.1. The van der Waals surface area contributed by atoms with Crippen molar-refractivity contribution >= 4 is 11.7 Å². The monoisotopic (exact) mass is 403 g/mol. The molecular weight excluding hydrogens is 377 g/mol. The molecule has 0 saturated carbocycles. The SMILES string of the molecule is COc1ccc(CN2CCN(C(=O)Nc3ccccc3F)CC2)c(OC)c1OC. The molecule has 2 aromatic rings. The minimum absolute atomic E-state index is 0.190. The fourth-order valence-corrected chi connectivity index (χ4v) is 3.39. The number of carbonyl (C=O) groups excluding carboxylic acids is 1. The van der Waals surface area contributed by atoms with Crippen molar-refractivity contribution in [2.75, 3.05) is 52.8 Å². The van der Waals surface area contributed by atoms with Gasteiger partial charge in [-0.3, -0.25) is 4.90 Å². The van der Waals surface area contributed by atoms with Crippen LogP contribution in [0.2, 0.25) is 0 Å². The highest BCUT2D eigenvalue weighted by Crippen LogP contribution is 2.40. The summed E-state index contributed by atoms with van der Waals surface area (Å²) in [5.74, 6) is 1.38. The zero-order valence-corrected chi connectivity index (χ0v) is 16.9. The number of piperazine rings is 1. The van der Waals surface area contributed by atoms with Crippen LogP contribution in [0.15, 0.2) is 36.4 Å². The molecule has 2 aromatic carbocycles. The maximum atomic E-state index is 13.7. The predicted octanol–water partition coefficient (Wildman–Crippen LogP) is 3.20. The number of carbonyl (C=O) groups is 1. The molecule has 0 aromatic heterocycles. The molecular formula is C21H26FN3O4. The van der Waals surface area contributed by atoms with E-state index in [1.54, 1.807) is 44.4 Å². The summed E-state index contributed by atoms with van der Waals surface area (Å²) < 4.78 is 30.1. The van der Waals surface area contributed by atoms with Crippen molar-refractivity contribution in [1.29, 1.82) is 0 Å². The van der Waals surface area contributed by atoms with Gasteiger partial charge in [0.05, 0.1) is 27.0 Å². The van der Waals surface area contributed by atoms with Gasteiger partial charge in [0.15, 0.2) is 11.5 Å². The summed E-state index contributed by atoms with van der Waals surface area (Å²) in [5, 5.41) is 2.63. The Balaban J connectivity index is 1.60. The number of hydrogen-bond acceptors (Lipinski definition) is 5. The van der Waals surface area contributed by atoms with Crippen LogP contribution in [-0.4, -0.2) is 63.3 Å². The van der Waals surface area contributed by atoms with Gasteiger partial charge in [-0.15, -0.1) is 0 Å². The summed E-state index contributed by atoms with van der Waals surface area (Å²) in [7, 11) is 4.77. The molecule has 0 radical (unpaired) electrons. The number of ether oxygens (including phenoxy) is 3. The molecule has 1 fully saturated rings. The number of rotatable bonds is 6. The van der Waals surface area contributed by atoms with E-state index < -0.39 is 5.82 Å². The fourth-order valence-electron chi connectivity index (χ4n) is 3.39. The molecule has 1 N–H and O–H groups in total. The van der Waals surface area contributed by atoms with Gasteiger partial charge in [-0.1, -0.05) is 18.2 Å². The Morgan fingerprint density at radius 1 is 0.966 bits per heavy atom. The maximum Gasteiger partial charge on any atom is 0.322 e. The number of anilines is 1. The van der Waals surface area contributed by atoms with Crippen LogP contribution in [-0.2, 0) is 6.54 Å². The van der Waals surface area contributed by atoms with Crippen molar-refractivity contribution in [3.8, 4) is 17.2 Å². The van der Waals surface area contributed by atoms with Crippen molar-refractivity contribution in [1.82, 2.24) is 9.80 Å². The molecule has 1 aliphatic heterocycles. The van der Waals surface area contributed by atoms with Crippen molar-refractivity contribution in [2.24, 2.45) is 0 Å². The standard InChI is InChI=1S/C21H26FN3O4/c1-27-18-9-8-15(19(28-2)20(18)29-3)14-24-10-12-25(13-11-24)21(26)23-17-7-5-4-6-16(17)22/h4-9H,10-14H2,1-3H3,(H,23,26). The number of para-hydroxylation sites is 1. The molecule has 2 amide bonds. The highest BCUT2D eigenvalue weighted by molar-refractivity contribution is 5.89. The van der Waals surface area contributed by atoms with E-state index in [0.717, 1.165) is 5.56 Å². The number of halogens is 1. The number of amides is 2. The predicted molar refractivity (Wildman–Crippen MR) is 108 cm³/mol. The third-order valence-electron chi connectivity index (χ3n) is 4.95.